The second-order valence-corrected chi connectivity index (χ2v) is 10.3. The molecule has 0 radical (unpaired) electrons. The molecule has 0 saturated heterocycles. The number of halogens is 4. The highest BCUT2D eigenvalue weighted by molar-refractivity contribution is 8.93. The standard InChI is InChI=1S/C3H5Cl3Si.BrH/c1-2-3-7(4,5)6;/h2H,1,3H2;1H. The number of rotatable bonds is 2. The molecule has 0 aromatic heterocycles. The zero-order valence-electron chi connectivity index (χ0n) is 4.03. The molecular formula is C3H6BrCl3Si. The van der Waals surface area contributed by atoms with Crippen molar-refractivity contribution in [2.24, 2.45) is 0 Å². The van der Waals surface area contributed by atoms with Gasteiger partial charge >= 0.3 is 6.00 Å². The third-order valence-electron chi connectivity index (χ3n) is 0.376. The minimum Gasteiger partial charge on any atom is -0.126 e. The topological polar surface area (TPSA) is 0 Å². The molecule has 0 nitrogen and oxygen atoms in total. The monoisotopic (exact) mass is 254 g/mol. The van der Waals surface area contributed by atoms with Gasteiger partial charge in [-0.05, 0) is 0 Å². The van der Waals surface area contributed by atoms with Crippen LogP contribution < -0.4 is 0 Å². The Morgan fingerprint density at radius 1 is 1.38 bits per heavy atom. The first kappa shape index (κ1) is 12.0. The second-order valence-electron chi connectivity index (χ2n) is 1.11. The van der Waals surface area contributed by atoms with E-state index in [1.165, 1.54) is 0 Å². The first-order valence-corrected chi connectivity index (χ1v) is 6.98. The highest BCUT2D eigenvalue weighted by Crippen LogP contribution is 2.24. The molecule has 5 heteroatoms. The lowest BCUT2D eigenvalue weighted by Crippen LogP contribution is -2.05. The van der Waals surface area contributed by atoms with Gasteiger partial charge in [-0.25, -0.2) is 0 Å². The van der Waals surface area contributed by atoms with E-state index >= 15 is 0 Å². The molecule has 0 aromatic rings. The van der Waals surface area contributed by atoms with Gasteiger partial charge in [0.2, 0.25) is 0 Å². The Morgan fingerprint density at radius 3 is 1.75 bits per heavy atom. The fourth-order valence-electron chi connectivity index (χ4n) is 0.164. The molecule has 0 fully saturated rings. The largest absolute Gasteiger partial charge is 0.344 e. The summed E-state index contributed by atoms with van der Waals surface area (Å²) in [5.41, 5.74) is 0. The molecule has 0 aliphatic rings. The van der Waals surface area contributed by atoms with Crippen molar-refractivity contribution < 1.29 is 0 Å². The molecular weight excluding hydrogens is 250 g/mol. The lowest BCUT2D eigenvalue weighted by Gasteiger charge is -1.99. The Labute approximate surface area is 74.7 Å². The van der Waals surface area contributed by atoms with E-state index in [1.54, 1.807) is 6.08 Å². The van der Waals surface area contributed by atoms with Crippen LogP contribution in [0.2, 0.25) is 6.04 Å². The van der Waals surface area contributed by atoms with Gasteiger partial charge in [0.25, 0.3) is 0 Å². The quantitative estimate of drug-likeness (QED) is 0.403. The van der Waals surface area contributed by atoms with Crippen molar-refractivity contribution in [3.63, 3.8) is 0 Å². The molecule has 0 aliphatic carbocycles. The summed E-state index contributed by atoms with van der Waals surface area (Å²) in [6.07, 6.45) is 1.62. The summed E-state index contributed by atoms with van der Waals surface area (Å²) in [4.78, 5) is 0. The average molecular weight is 256 g/mol. The Bertz CT molecular complexity index is 69.4. The molecule has 0 heterocycles. The van der Waals surface area contributed by atoms with Gasteiger partial charge in [-0.15, -0.1) is 56.8 Å². The van der Waals surface area contributed by atoms with Crippen molar-refractivity contribution in [1.29, 1.82) is 0 Å². The van der Waals surface area contributed by atoms with E-state index in [-0.39, 0.29) is 17.0 Å². The van der Waals surface area contributed by atoms with Crippen molar-refractivity contribution >= 4 is 56.2 Å². The SMILES string of the molecule is Br.C=CC[Si](Cl)(Cl)Cl. The first-order chi connectivity index (χ1) is 3.06. The van der Waals surface area contributed by atoms with E-state index in [4.69, 9.17) is 33.2 Å². The molecule has 0 aliphatic heterocycles. The summed E-state index contributed by atoms with van der Waals surface area (Å²) in [6.45, 7) is 3.43. The van der Waals surface area contributed by atoms with Gasteiger partial charge in [0.1, 0.15) is 0 Å². The van der Waals surface area contributed by atoms with Crippen LogP contribution in [0.25, 0.3) is 0 Å². The molecule has 0 saturated carbocycles. The van der Waals surface area contributed by atoms with Crippen LogP contribution in [-0.4, -0.2) is 6.00 Å². The van der Waals surface area contributed by atoms with Gasteiger partial charge < -0.3 is 0 Å². The van der Waals surface area contributed by atoms with Crippen LogP contribution in [0.4, 0.5) is 0 Å². The molecule has 0 atom stereocenters. The van der Waals surface area contributed by atoms with Crippen LogP contribution in [0.5, 0.6) is 0 Å². The predicted octanol–water partition coefficient (Wildman–Crippen LogP) is 3.41. The maximum Gasteiger partial charge on any atom is 0.344 e. The molecule has 0 bridgehead atoms. The van der Waals surface area contributed by atoms with Gasteiger partial charge in [0.05, 0.1) is 0 Å². The maximum absolute atomic E-state index is 5.43. The van der Waals surface area contributed by atoms with Gasteiger partial charge in [0.15, 0.2) is 0 Å². The van der Waals surface area contributed by atoms with Crippen LogP contribution in [-0.2, 0) is 0 Å². The summed E-state index contributed by atoms with van der Waals surface area (Å²) < 4.78 is 0. The normalized spacial score (nSPS) is 9.88. The van der Waals surface area contributed by atoms with E-state index < -0.39 is 6.00 Å². The zero-order valence-corrected chi connectivity index (χ0v) is 9.01. The highest BCUT2D eigenvalue weighted by atomic mass is 79.9. The zero-order chi connectivity index (χ0) is 5.91. The van der Waals surface area contributed by atoms with Crippen molar-refractivity contribution in [2.75, 3.05) is 0 Å². The number of hydrogen-bond donors (Lipinski definition) is 0. The summed E-state index contributed by atoms with van der Waals surface area (Å²) in [5.74, 6) is 0. The Balaban J connectivity index is 0. The van der Waals surface area contributed by atoms with E-state index in [1.807, 2.05) is 0 Å². The maximum atomic E-state index is 5.43. The van der Waals surface area contributed by atoms with Crippen LogP contribution >= 0.6 is 50.2 Å². The molecule has 0 rings (SSSR count). The predicted molar refractivity (Wildman–Crippen MR) is 48.6 cm³/mol. The first-order valence-electron chi connectivity index (χ1n) is 1.74. The minimum atomic E-state index is -2.36. The van der Waals surface area contributed by atoms with E-state index in [2.05, 4.69) is 6.58 Å². The van der Waals surface area contributed by atoms with Gasteiger partial charge in [-0.3, -0.25) is 0 Å². The summed E-state index contributed by atoms with van der Waals surface area (Å²) in [5, 5.41) is 0. The summed E-state index contributed by atoms with van der Waals surface area (Å²) in [6, 6.07) is -1.82. The molecule has 0 amide bonds. The van der Waals surface area contributed by atoms with Gasteiger partial charge in [0, 0.05) is 6.04 Å². The summed E-state index contributed by atoms with van der Waals surface area (Å²) >= 11 is 16.3. The molecule has 50 valence electrons. The van der Waals surface area contributed by atoms with Gasteiger partial charge in [-0.1, -0.05) is 6.08 Å². The molecule has 0 unspecified atom stereocenters. The third-order valence-corrected chi connectivity index (χ3v) is 2.52. The highest BCUT2D eigenvalue weighted by Gasteiger charge is 2.21. The smallest absolute Gasteiger partial charge is 0.126 e. The van der Waals surface area contributed by atoms with Crippen LogP contribution in [0.15, 0.2) is 12.7 Å². The molecule has 0 aromatic carbocycles. The average Bonchev–Trinajstić information content (AvgIpc) is 1.30. The van der Waals surface area contributed by atoms with E-state index in [0.717, 1.165) is 0 Å². The van der Waals surface area contributed by atoms with Crippen molar-refractivity contribution in [1.82, 2.24) is 0 Å². The fourth-order valence-corrected chi connectivity index (χ4v) is 1.47. The fraction of sp³-hybridized carbons (Fsp3) is 0.333. The van der Waals surface area contributed by atoms with Crippen LogP contribution in [0.3, 0.4) is 0 Å². The van der Waals surface area contributed by atoms with Crippen molar-refractivity contribution in [2.45, 2.75) is 6.04 Å². The number of allylic oxidation sites excluding steroid dienone is 1. The van der Waals surface area contributed by atoms with Crippen molar-refractivity contribution in [3.8, 4) is 0 Å². The Kier molecular flexibility index (Phi) is 7.70. The Hall–Kier alpha value is 1.31. The van der Waals surface area contributed by atoms with Crippen LogP contribution in [0.1, 0.15) is 0 Å². The lowest BCUT2D eigenvalue weighted by molar-refractivity contribution is 1.73. The van der Waals surface area contributed by atoms with E-state index in [0.29, 0.717) is 6.04 Å². The van der Waals surface area contributed by atoms with Crippen molar-refractivity contribution in [3.05, 3.63) is 12.7 Å². The lowest BCUT2D eigenvalue weighted by atomic mass is 10.8. The molecule has 0 N–H and O–H groups in total. The third kappa shape index (κ3) is 10.3. The second kappa shape index (κ2) is 5.12. The molecule has 0 spiro atoms. The van der Waals surface area contributed by atoms with E-state index in [9.17, 15) is 0 Å². The number of hydrogen-bond acceptors (Lipinski definition) is 0. The minimum absolute atomic E-state index is 0. The molecule has 8 heavy (non-hydrogen) atoms. The Morgan fingerprint density at radius 2 is 1.75 bits per heavy atom. The van der Waals surface area contributed by atoms with Gasteiger partial charge in [-0.2, -0.15) is 0 Å². The summed E-state index contributed by atoms with van der Waals surface area (Å²) in [7, 11) is 0. The van der Waals surface area contributed by atoms with Crippen LogP contribution in [0, 0.1) is 0 Å².